The van der Waals surface area contributed by atoms with Crippen molar-refractivity contribution in [3.63, 3.8) is 0 Å². The molecule has 0 unspecified atom stereocenters. The molecule has 4 aromatic rings. The average Bonchev–Trinajstić information content (AvgIpc) is 3.55. The summed E-state index contributed by atoms with van der Waals surface area (Å²) < 4.78 is 7.51. The van der Waals surface area contributed by atoms with Gasteiger partial charge in [-0.1, -0.05) is 18.2 Å². The average molecular weight is 440 g/mol. The number of aryl methyl sites for hydroxylation is 1. The summed E-state index contributed by atoms with van der Waals surface area (Å²) in [4.78, 5) is 27.8. The van der Waals surface area contributed by atoms with Gasteiger partial charge in [-0.25, -0.2) is 0 Å². The first kappa shape index (κ1) is 20.8. The molecule has 0 saturated heterocycles. The number of anilines is 2. The lowest BCUT2D eigenvalue weighted by atomic mass is 10.1. The molecular weight excluding hydrogens is 414 g/mol. The molecule has 0 fully saturated rings. The van der Waals surface area contributed by atoms with Crippen molar-refractivity contribution in [2.45, 2.75) is 26.8 Å². The van der Waals surface area contributed by atoms with Gasteiger partial charge in [0.25, 0.3) is 11.8 Å². The van der Waals surface area contributed by atoms with Gasteiger partial charge in [0.2, 0.25) is 0 Å². The fraction of sp³-hybridized carbons (Fsp3) is 0.185. The van der Waals surface area contributed by atoms with Crippen LogP contribution in [0.15, 0.2) is 77.4 Å². The lowest BCUT2D eigenvalue weighted by Gasteiger charge is -2.17. The van der Waals surface area contributed by atoms with Gasteiger partial charge < -0.3 is 19.2 Å². The number of fused-ring (bicyclic) bond motifs is 1. The van der Waals surface area contributed by atoms with Gasteiger partial charge in [0.05, 0.1) is 18.4 Å². The lowest BCUT2D eigenvalue weighted by Crippen LogP contribution is -2.28. The highest BCUT2D eigenvalue weighted by molar-refractivity contribution is 6.08. The minimum absolute atomic E-state index is 0.0284. The van der Waals surface area contributed by atoms with E-state index in [1.807, 2.05) is 55.1 Å². The van der Waals surface area contributed by atoms with Crippen LogP contribution in [0.5, 0.6) is 0 Å². The number of para-hydroxylation sites is 1. The van der Waals surface area contributed by atoms with E-state index in [9.17, 15) is 9.59 Å². The first-order chi connectivity index (χ1) is 16.0. The molecule has 0 bridgehead atoms. The third-order valence-corrected chi connectivity index (χ3v) is 6.23. The summed E-state index contributed by atoms with van der Waals surface area (Å²) in [5.74, 6) is 0.630. The van der Waals surface area contributed by atoms with Gasteiger partial charge in [0.15, 0.2) is 0 Å². The Labute approximate surface area is 192 Å². The number of amides is 2. The highest BCUT2D eigenvalue weighted by atomic mass is 16.3. The van der Waals surface area contributed by atoms with Crippen LogP contribution in [0.4, 0.5) is 11.4 Å². The molecule has 33 heavy (non-hydrogen) atoms. The fourth-order valence-electron chi connectivity index (χ4n) is 4.43. The number of aromatic nitrogens is 1. The lowest BCUT2D eigenvalue weighted by molar-refractivity contribution is 0.0988. The minimum atomic E-state index is -0.179. The minimum Gasteiger partial charge on any atom is -0.467 e. The predicted molar refractivity (Wildman–Crippen MR) is 128 cm³/mol. The van der Waals surface area contributed by atoms with Crippen LogP contribution >= 0.6 is 0 Å². The van der Waals surface area contributed by atoms with Crippen molar-refractivity contribution in [1.29, 1.82) is 0 Å². The van der Waals surface area contributed by atoms with Gasteiger partial charge in [-0.05, 0) is 74.4 Å². The van der Waals surface area contributed by atoms with Crippen LogP contribution in [0.25, 0.3) is 0 Å². The summed E-state index contributed by atoms with van der Waals surface area (Å²) in [5.41, 5.74) is 5.90. The molecule has 2 aromatic heterocycles. The van der Waals surface area contributed by atoms with E-state index in [4.69, 9.17) is 4.42 Å². The molecular formula is C27H25N3O3. The van der Waals surface area contributed by atoms with E-state index in [1.165, 1.54) is 5.56 Å². The number of hydrogen-bond donors (Lipinski definition) is 1. The van der Waals surface area contributed by atoms with Crippen LogP contribution < -0.4 is 10.2 Å². The first-order valence-corrected chi connectivity index (χ1v) is 11.0. The van der Waals surface area contributed by atoms with E-state index in [-0.39, 0.29) is 11.8 Å². The Morgan fingerprint density at radius 2 is 1.79 bits per heavy atom. The predicted octanol–water partition coefficient (Wildman–Crippen LogP) is 5.20. The molecule has 0 saturated carbocycles. The molecule has 1 aliphatic rings. The van der Waals surface area contributed by atoms with Gasteiger partial charge in [-0.15, -0.1) is 0 Å². The Balaban J connectivity index is 1.29. The van der Waals surface area contributed by atoms with Crippen LogP contribution in [0, 0.1) is 13.8 Å². The zero-order chi connectivity index (χ0) is 22.9. The summed E-state index contributed by atoms with van der Waals surface area (Å²) >= 11 is 0. The summed E-state index contributed by atoms with van der Waals surface area (Å²) in [6.07, 6.45) is 2.52. The number of hydrogen-bond acceptors (Lipinski definition) is 3. The molecule has 1 aliphatic heterocycles. The maximum atomic E-state index is 13.0. The van der Waals surface area contributed by atoms with Crippen molar-refractivity contribution < 1.29 is 14.0 Å². The number of carbonyl (C=O) groups is 2. The smallest absolute Gasteiger partial charge is 0.258 e. The summed E-state index contributed by atoms with van der Waals surface area (Å²) in [5, 5.41) is 2.95. The molecule has 2 amide bonds. The molecule has 0 spiro atoms. The number of nitrogens with zero attached hydrogens (tertiary/aromatic N) is 2. The van der Waals surface area contributed by atoms with Crippen LogP contribution in [-0.2, 0) is 13.0 Å². The molecule has 0 atom stereocenters. The standard InChI is InChI=1S/C27H25N3O3/c1-18-16-24(19(2)30(18)17-23-7-5-15-33-23)26(31)28-22-11-9-21(10-12-22)27(32)29-14-13-20-6-3-4-8-25(20)29/h3-12,15-16H,13-14,17H2,1-2H3,(H,28,31). The van der Waals surface area contributed by atoms with E-state index in [1.54, 1.807) is 30.5 Å². The SMILES string of the molecule is Cc1cc(C(=O)Nc2ccc(C(=O)N3CCc4ccccc43)cc2)c(C)n1Cc1ccco1. The molecule has 5 rings (SSSR count). The number of carbonyl (C=O) groups excluding carboxylic acids is 2. The molecule has 1 N–H and O–H groups in total. The largest absolute Gasteiger partial charge is 0.467 e. The highest BCUT2D eigenvalue weighted by Crippen LogP contribution is 2.29. The zero-order valence-electron chi connectivity index (χ0n) is 18.7. The third-order valence-electron chi connectivity index (χ3n) is 6.23. The molecule has 0 radical (unpaired) electrons. The van der Waals surface area contributed by atoms with Crippen molar-refractivity contribution >= 4 is 23.2 Å². The molecule has 6 heteroatoms. The van der Waals surface area contributed by atoms with Gasteiger partial charge in [0.1, 0.15) is 5.76 Å². The highest BCUT2D eigenvalue weighted by Gasteiger charge is 2.25. The molecule has 2 aromatic carbocycles. The Morgan fingerprint density at radius 1 is 1.00 bits per heavy atom. The quantitative estimate of drug-likeness (QED) is 0.465. The molecule has 0 aliphatic carbocycles. The molecule has 6 nitrogen and oxygen atoms in total. The number of nitrogens with one attached hydrogen (secondary N) is 1. The van der Waals surface area contributed by atoms with Crippen molar-refractivity contribution in [2.24, 2.45) is 0 Å². The van der Waals surface area contributed by atoms with Gasteiger partial charge in [-0.3, -0.25) is 9.59 Å². The first-order valence-electron chi connectivity index (χ1n) is 11.0. The molecule has 3 heterocycles. The van der Waals surface area contributed by atoms with E-state index in [2.05, 4.69) is 16.0 Å². The van der Waals surface area contributed by atoms with E-state index >= 15 is 0 Å². The Hall–Kier alpha value is -4.06. The van der Waals surface area contributed by atoms with Crippen molar-refractivity contribution in [3.8, 4) is 0 Å². The van der Waals surface area contributed by atoms with Crippen molar-refractivity contribution in [3.05, 3.63) is 107 Å². The Morgan fingerprint density at radius 3 is 2.55 bits per heavy atom. The number of furan rings is 1. The van der Waals surface area contributed by atoms with Gasteiger partial charge >= 0.3 is 0 Å². The normalized spacial score (nSPS) is 12.6. The van der Waals surface area contributed by atoms with Gasteiger partial charge in [-0.2, -0.15) is 0 Å². The summed E-state index contributed by atoms with van der Waals surface area (Å²) in [6, 6.07) is 20.7. The zero-order valence-corrected chi connectivity index (χ0v) is 18.7. The molecule has 166 valence electrons. The van der Waals surface area contributed by atoms with E-state index in [0.717, 1.165) is 29.3 Å². The van der Waals surface area contributed by atoms with Crippen LogP contribution in [0.1, 0.15) is 43.4 Å². The monoisotopic (exact) mass is 439 g/mol. The maximum absolute atomic E-state index is 13.0. The van der Waals surface area contributed by atoms with Crippen molar-refractivity contribution in [2.75, 3.05) is 16.8 Å². The Bertz CT molecular complexity index is 1320. The third kappa shape index (κ3) is 3.96. The number of benzene rings is 2. The summed E-state index contributed by atoms with van der Waals surface area (Å²) in [6.45, 7) is 5.17. The summed E-state index contributed by atoms with van der Waals surface area (Å²) in [7, 11) is 0. The van der Waals surface area contributed by atoms with Gasteiger partial charge in [0, 0.05) is 34.9 Å². The van der Waals surface area contributed by atoms with Crippen LogP contribution in [0.2, 0.25) is 0 Å². The second-order valence-corrected chi connectivity index (χ2v) is 8.32. The Kier molecular flexibility index (Phi) is 5.34. The van der Waals surface area contributed by atoms with Crippen molar-refractivity contribution in [1.82, 2.24) is 4.57 Å². The fourth-order valence-corrected chi connectivity index (χ4v) is 4.43. The topological polar surface area (TPSA) is 67.5 Å². The maximum Gasteiger partial charge on any atom is 0.258 e. The van der Waals surface area contributed by atoms with Crippen LogP contribution in [-0.4, -0.2) is 22.9 Å². The number of rotatable bonds is 5. The van der Waals surface area contributed by atoms with Crippen LogP contribution in [0.3, 0.4) is 0 Å². The van der Waals surface area contributed by atoms with E-state index in [0.29, 0.717) is 29.9 Å². The second-order valence-electron chi connectivity index (χ2n) is 8.32. The second kappa shape index (κ2) is 8.47. The van der Waals surface area contributed by atoms with E-state index < -0.39 is 0 Å².